The van der Waals surface area contributed by atoms with Gasteiger partial charge in [-0.1, -0.05) is 37.5 Å². The average Bonchev–Trinajstić information content (AvgIpc) is 3.09. The Labute approximate surface area is 146 Å². The molecule has 7 heteroatoms. The van der Waals surface area contributed by atoms with E-state index in [1.54, 1.807) is 24.4 Å². The summed E-state index contributed by atoms with van der Waals surface area (Å²) in [5, 5.41) is 19.7. The van der Waals surface area contributed by atoms with Crippen LogP contribution in [-0.4, -0.2) is 27.5 Å². The van der Waals surface area contributed by atoms with Gasteiger partial charge in [-0.25, -0.2) is 13.9 Å². The number of aliphatic hydroxyl groups is 1. The summed E-state index contributed by atoms with van der Waals surface area (Å²) >= 11 is 0. The minimum absolute atomic E-state index is 0.0790. The molecule has 1 aliphatic carbocycles. The molecule has 25 heavy (non-hydrogen) atoms. The fourth-order valence-electron chi connectivity index (χ4n) is 3.24. The van der Waals surface area contributed by atoms with E-state index in [0.717, 1.165) is 12.8 Å². The lowest BCUT2D eigenvalue weighted by Crippen LogP contribution is -2.33. The van der Waals surface area contributed by atoms with Crippen LogP contribution in [0.3, 0.4) is 0 Å². The zero-order valence-electron chi connectivity index (χ0n) is 14.0. The summed E-state index contributed by atoms with van der Waals surface area (Å²) in [6.45, 7) is -0.0790. The second kappa shape index (κ2) is 8.11. The highest BCUT2D eigenvalue weighted by Crippen LogP contribution is 2.29. The number of rotatable bonds is 5. The van der Waals surface area contributed by atoms with Gasteiger partial charge in [0.1, 0.15) is 11.6 Å². The first kappa shape index (κ1) is 17.4. The largest absolute Gasteiger partial charge is 0.386 e. The Balaban J connectivity index is 1.55. The van der Waals surface area contributed by atoms with Gasteiger partial charge in [-0.2, -0.15) is 5.10 Å². The molecule has 0 aliphatic heterocycles. The molecule has 1 fully saturated rings. The number of nitrogens with zero attached hydrogens (tertiary/aromatic N) is 2. The summed E-state index contributed by atoms with van der Waals surface area (Å²) in [5.74, 6) is 0.136. The van der Waals surface area contributed by atoms with Gasteiger partial charge in [0.15, 0.2) is 0 Å². The molecule has 134 valence electrons. The van der Waals surface area contributed by atoms with E-state index in [9.17, 15) is 14.3 Å². The molecule has 1 aromatic heterocycles. The molecule has 1 heterocycles. The first-order chi connectivity index (χ1) is 12.1. The number of hydrogen-bond donors (Lipinski definition) is 3. The second-order valence-electron chi connectivity index (χ2n) is 6.33. The molecule has 2 aromatic rings. The first-order valence-corrected chi connectivity index (χ1v) is 8.66. The van der Waals surface area contributed by atoms with Crippen molar-refractivity contribution in [3.63, 3.8) is 0 Å². The van der Waals surface area contributed by atoms with E-state index in [4.69, 9.17) is 0 Å². The standard InChI is InChI=1S/C18H23FN4O2/c19-15-9-5-4-8-14(15)16(24)12-20-18(25)22-17-10-11-21-23(17)13-6-2-1-3-7-13/h4-5,8-11,13,16,24H,1-3,6-7,12H2,(H2,20,22,25). The summed E-state index contributed by atoms with van der Waals surface area (Å²) in [6, 6.07) is 7.58. The molecule has 1 aliphatic rings. The molecule has 0 bridgehead atoms. The quantitative estimate of drug-likeness (QED) is 0.776. The summed E-state index contributed by atoms with van der Waals surface area (Å²) in [5.41, 5.74) is 0.162. The number of urea groups is 1. The highest BCUT2D eigenvalue weighted by molar-refractivity contribution is 5.88. The Kier molecular flexibility index (Phi) is 5.65. The van der Waals surface area contributed by atoms with Gasteiger partial charge in [0, 0.05) is 18.2 Å². The van der Waals surface area contributed by atoms with Crippen molar-refractivity contribution >= 4 is 11.8 Å². The summed E-state index contributed by atoms with van der Waals surface area (Å²) < 4.78 is 15.5. The van der Waals surface area contributed by atoms with Gasteiger partial charge in [0.25, 0.3) is 0 Å². The minimum atomic E-state index is -1.10. The number of carbonyl (C=O) groups is 1. The van der Waals surface area contributed by atoms with Crippen molar-refractivity contribution in [3.8, 4) is 0 Å². The average molecular weight is 346 g/mol. The number of hydrogen-bond acceptors (Lipinski definition) is 3. The number of nitrogens with one attached hydrogen (secondary N) is 2. The fraction of sp³-hybridized carbons (Fsp3) is 0.444. The number of halogens is 1. The van der Waals surface area contributed by atoms with Crippen molar-refractivity contribution < 1.29 is 14.3 Å². The Morgan fingerprint density at radius 1 is 1.28 bits per heavy atom. The summed E-state index contributed by atoms with van der Waals surface area (Å²) in [4.78, 5) is 12.1. The number of carbonyl (C=O) groups excluding carboxylic acids is 1. The van der Waals surface area contributed by atoms with E-state index in [-0.39, 0.29) is 12.1 Å². The molecule has 3 rings (SSSR count). The van der Waals surface area contributed by atoms with E-state index in [0.29, 0.717) is 11.9 Å². The predicted octanol–water partition coefficient (Wildman–Crippen LogP) is 3.38. The molecule has 1 unspecified atom stereocenters. The predicted molar refractivity (Wildman–Crippen MR) is 92.7 cm³/mol. The van der Waals surface area contributed by atoms with Crippen LogP contribution in [0.2, 0.25) is 0 Å². The maximum Gasteiger partial charge on any atom is 0.320 e. The number of aromatic nitrogens is 2. The topological polar surface area (TPSA) is 79.2 Å². The Hall–Kier alpha value is -2.41. The van der Waals surface area contributed by atoms with Gasteiger partial charge in [0.05, 0.1) is 18.3 Å². The number of anilines is 1. The van der Waals surface area contributed by atoms with Crippen molar-refractivity contribution in [1.29, 1.82) is 0 Å². The second-order valence-corrected chi connectivity index (χ2v) is 6.33. The fourth-order valence-corrected chi connectivity index (χ4v) is 3.24. The molecule has 2 amide bonds. The Morgan fingerprint density at radius 3 is 2.80 bits per heavy atom. The Bertz CT molecular complexity index is 713. The summed E-state index contributed by atoms with van der Waals surface area (Å²) in [7, 11) is 0. The van der Waals surface area contributed by atoms with Crippen LogP contribution in [0, 0.1) is 5.82 Å². The van der Waals surface area contributed by atoms with Gasteiger partial charge in [-0.15, -0.1) is 0 Å². The van der Waals surface area contributed by atoms with Crippen LogP contribution < -0.4 is 10.6 Å². The van der Waals surface area contributed by atoms with E-state index in [2.05, 4.69) is 15.7 Å². The van der Waals surface area contributed by atoms with Crippen LogP contribution in [0.4, 0.5) is 15.0 Å². The van der Waals surface area contributed by atoms with Gasteiger partial charge in [-0.05, 0) is 18.9 Å². The molecule has 0 saturated heterocycles. The lowest BCUT2D eigenvalue weighted by molar-refractivity contribution is 0.170. The van der Waals surface area contributed by atoms with Gasteiger partial charge in [0.2, 0.25) is 0 Å². The molecule has 1 saturated carbocycles. The first-order valence-electron chi connectivity index (χ1n) is 8.66. The highest BCUT2D eigenvalue weighted by atomic mass is 19.1. The number of aliphatic hydroxyl groups excluding tert-OH is 1. The van der Waals surface area contributed by atoms with Crippen molar-refractivity contribution in [2.75, 3.05) is 11.9 Å². The van der Waals surface area contributed by atoms with Crippen molar-refractivity contribution in [1.82, 2.24) is 15.1 Å². The van der Waals surface area contributed by atoms with Crippen LogP contribution in [0.1, 0.15) is 49.8 Å². The highest BCUT2D eigenvalue weighted by Gasteiger charge is 2.19. The third kappa shape index (κ3) is 4.36. The van der Waals surface area contributed by atoms with Gasteiger partial charge >= 0.3 is 6.03 Å². The maximum absolute atomic E-state index is 13.6. The van der Waals surface area contributed by atoms with Crippen LogP contribution >= 0.6 is 0 Å². The van der Waals surface area contributed by atoms with Crippen LogP contribution in [0.15, 0.2) is 36.5 Å². The molecule has 1 atom stereocenters. The molecule has 0 radical (unpaired) electrons. The number of amides is 2. The van der Waals surface area contributed by atoms with E-state index in [1.807, 2.05) is 4.68 Å². The maximum atomic E-state index is 13.6. The molecular formula is C18H23FN4O2. The lowest BCUT2D eigenvalue weighted by atomic mass is 9.96. The molecule has 6 nitrogen and oxygen atoms in total. The van der Waals surface area contributed by atoms with Crippen LogP contribution in [0.25, 0.3) is 0 Å². The zero-order valence-corrected chi connectivity index (χ0v) is 14.0. The summed E-state index contributed by atoms with van der Waals surface area (Å²) in [6.07, 6.45) is 6.27. The SMILES string of the molecule is O=C(NCC(O)c1ccccc1F)Nc1ccnn1C1CCCCC1. The lowest BCUT2D eigenvalue weighted by Gasteiger charge is -2.24. The molecule has 1 aromatic carbocycles. The van der Waals surface area contributed by atoms with Gasteiger partial charge in [-0.3, -0.25) is 5.32 Å². The van der Waals surface area contributed by atoms with Gasteiger partial charge < -0.3 is 10.4 Å². The van der Waals surface area contributed by atoms with Crippen molar-refractivity contribution in [2.24, 2.45) is 0 Å². The van der Waals surface area contributed by atoms with E-state index in [1.165, 1.54) is 31.4 Å². The third-order valence-electron chi connectivity index (χ3n) is 4.55. The van der Waals surface area contributed by atoms with Crippen molar-refractivity contribution in [2.45, 2.75) is 44.2 Å². The normalized spacial score (nSPS) is 16.4. The van der Waals surface area contributed by atoms with Crippen molar-refractivity contribution in [3.05, 3.63) is 47.9 Å². The molecule has 3 N–H and O–H groups in total. The third-order valence-corrected chi connectivity index (χ3v) is 4.55. The monoisotopic (exact) mass is 346 g/mol. The van der Waals surface area contributed by atoms with E-state index >= 15 is 0 Å². The Morgan fingerprint density at radius 2 is 2.04 bits per heavy atom. The van der Waals surface area contributed by atoms with E-state index < -0.39 is 18.0 Å². The minimum Gasteiger partial charge on any atom is -0.386 e. The number of benzene rings is 1. The zero-order chi connectivity index (χ0) is 17.6. The van der Waals surface area contributed by atoms with Crippen LogP contribution in [0.5, 0.6) is 0 Å². The smallest absolute Gasteiger partial charge is 0.320 e. The molecular weight excluding hydrogens is 323 g/mol. The van der Waals surface area contributed by atoms with Crippen LogP contribution in [-0.2, 0) is 0 Å². The molecule has 0 spiro atoms.